The average molecular weight is 333 g/mol. The van der Waals surface area contributed by atoms with E-state index in [2.05, 4.69) is 5.10 Å². The molecule has 0 fully saturated rings. The second-order valence-electron chi connectivity index (χ2n) is 3.40. The Labute approximate surface area is 117 Å². The van der Waals surface area contributed by atoms with Crippen molar-refractivity contribution in [2.75, 3.05) is 13.7 Å². The third-order valence-corrected chi connectivity index (χ3v) is 2.42. The van der Waals surface area contributed by atoms with Gasteiger partial charge in [0.2, 0.25) is 0 Å². The zero-order chi connectivity index (χ0) is 16.7. The molecule has 0 saturated carbocycles. The van der Waals surface area contributed by atoms with Crippen molar-refractivity contribution in [1.82, 2.24) is 5.10 Å². The number of nitrogens with zero attached hydrogens (tertiary/aromatic N) is 2. The van der Waals surface area contributed by atoms with Crippen LogP contribution in [0.1, 0.15) is 10.4 Å². The maximum atomic E-state index is 10.7. The van der Waals surface area contributed by atoms with Gasteiger partial charge in [0, 0.05) is 13.2 Å². The molecule has 0 spiro atoms. The lowest BCUT2D eigenvalue weighted by molar-refractivity contribution is -0.754. The third kappa shape index (κ3) is 7.53. The van der Waals surface area contributed by atoms with Gasteiger partial charge >= 0.3 is 21.6 Å². The van der Waals surface area contributed by atoms with Gasteiger partial charge in [-0.25, -0.2) is 4.79 Å². The minimum absolute atomic E-state index is 0.189. The predicted molar refractivity (Wildman–Crippen MR) is 60.9 cm³/mol. The van der Waals surface area contributed by atoms with Gasteiger partial charge in [-0.2, -0.15) is 21.6 Å². The zero-order valence-electron chi connectivity index (χ0n) is 10.6. The van der Waals surface area contributed by atoms with Crippen molar-refractivity contribution in [1.29, 1.82) is 0 Å². The smallest absolute Gasteiger partial charge is 0.478 e. The number of halogens is 3. The first-order chi connectivity index (χ1) is 9.49. The third-order valence-electron chi connectivity index (χ3n) is 1.84. The number of carboxylic acid groups (broad SMARTS) is 1. The first-order valence-corrected chi connectivity index (χ1v) is 6.55. The van der Waals surface area contributed by atoms with Crippen LogP contribution in [0.5, 0.6) is 0 Å². The molecule has 0 aromatic carbocycles. The van der Waals surface area contributed by atoms with Gasteiger partial charge in [-0.1, -0.05) is 4.68 Å². The highest BCUT2D eigenvalue weighted by molar-refractivity contribution is 7.86. The number of ether oxygens (including phenoxy) is 1. The maximum Gasteiger partial charge on any atom is 0.522 e. The van der Waals surface area contributed by atoms with E-state index in [0.717, 1.165) is 0 Å². The van der Waals surface area contributed by atoms with E-state index in [0.29, 0.717) is 13.2 Å². The number of alkyl halides is 3. The molecule has 12 heteroatoms. The number of carboxylic acids is 1. The predicted octanol–water partition coefficient (Wildman–Crippen LogP) is 0.108. The van der Waals surface area contributed by atoms with Crippen molar-refractivity contribution >= 4 is 16.1 Å². The highest BCUT2D eigenvalue weighted by Crippen LogP contribution is 2.20. The van der Waals surface area contributed by atoms with E-state index in [1.165, 1.54) is 12.3 Å². The van der Waals surface area contributed by atoms with Crippen LogP contribution in [0.3, 0.4) is 0 Å². The minimum atomic E-state index is -5.84. The van der Waals surface area contributed by atoms with Crippen molar-refractivity contribution < 1.29 is 45.5 Å². The second-order valence-corrected chi connectivity index (χ2v) is 4.81. The van der Waals surface area contributed by atoms with Crippen molar-refractivity contribution in [2.45, 2.75) is 12.1 Å². The molecule has 0 atom stereocenters. The van der Waals surface area contributed by atoms with Crippen LogP contribution in [0, 0.1) is 0 Å². The summed E-state index contributed by atoms with van der Waals surface area (Å²) < 4.78 is 64.0. The molecular weight excluding hydrogens is 321 g/mol. The van der Waals surface area contributed by atoms with Gasteiger partial charge in [-0.05, 0) is 5.10 Å². The zero-order valence-corrected chi connectivity index (χ0v) is 11.4. The number of hydrogen-bond acceptors (Lipinski definition) is 5. The lowest BCUT2D eigenvalue weighted by Crippen LogP contribution is -2.39. The highest BCUT2D eigenvalue weighted by Gasteiger charge is 2.44. The topological polar surface area (TPSA) is 118 Å². The molecule has 2 N–H and O–H groups in total. The summed E-state index contributed by atoms with van der Waals surface area (Å²) in [5, 5.41) is 12.5. The van der Waals surface area contributed by atoms with Gasteiger partial charge in [0.15, 0.2) is 12.7 Å². The average Bonchev–Trinajstić information content (AvgIpc) is 2.35. The van der Waals surface area contributed by atoms with Crippen LogP contribution in [0.15, 0.2) is 18.5 Å². The van der Waals surface area contributed by atoms with Crippen LogP contribution in [-0.4, -0.2) is 48.4 Å². The Morgan fingerprint density at radius 2 is 2.00 bits per heavy atom. The van der Waals surface area contributed by atoms with Crippen molar-refractivity contribution in [2.24, 2.45) is 0 Å². The summed E-state index contributed by atoms with van der Waals surface area (Å²) in [5.74, 6) is -0.966. The standard InChI is InChI=1S/C8H10N2O3.CHF3O3S/c1-13-5-4-10-3-2-7(6-9-10)8(11)12;2-1(3,4)8(5,6)7/h2-3,6H,4-5H2,1H3;(H,5,6,7)/p+1. The Bertz CT molecular complexity index is 558. The summed E-state index contributed by atoms with van der Waals surface area (Å²) in [6, 6.07) is 1.50. The fourth-order valence-electron chi connectivity index (χ4n) is 0.828. The van der Waals surface area contributed by atoms with Crippen LogP contribution in [-0.2, 0) is 21.4 Å². The number of hydrogen-bond donors (Lipinski definition) is 2. The first kappa shape index (κ1) is 19.2. The summed E-state index contributed by atoms with van der Waals surface area (Å²) in [5.41, 5.74) is -5.35. The quantitative estimate of drug-likeness (QED) is 0.456. The van der Waals surface area contributed by atoms with Crippen LogP contribution in [0.2, 0.25) is 0 Å². The molecule has 1 rings (SSSR count). The number of aromatic nitrogens is 2. The van der Waals surface area contributed by atoms with E-state index >= 15 is 0 Å². The van der Waals surface area contributed by atoms with E-state index in [4.69, 9.17) is 22.8 Å². The number of aromatic carboxylic acids is 1. The van der Waals surface area contributed by atoms with E-state index in [1.807, 2.05) is 0 Å². The van der Waals surface area contributed by atoms with Crippen LogP contribution in [0.25, 0.3) is 0 Å². The molecule has 0 aliphatic heterocycles. The van der Waals surface area contributed by atoms with E-state index < -0.39 is 21.6 Å². The van der Waals surface area contributed by atoms with Crippen LogP contribution < -0.4 is 4.68 Å². The van der Waals surface area contributed by atoms with E-state index in [-0.39, 0.29) is 5.56 Å². The molecule has 0 unspecified atom stereocenters. The summed E-state index contributed by atoms with van der Waals surface area (Å²) in [7, 11) is -4.24. The monoisotopic (exact) mass is 333 g/mol. The lowest BCUT2D eigenvalue weighted by Gasteiger charge is -1.97. The van der Waals surface area contributed by atoms with Gasteiger partial charge in [0.05, 0.1) is 5.56 Å². The van der Waals surface area contributed by atoms with Gasteiger partial charge in [0.1, 0.15) is 12.8 Å². The summed E-state index contributed by atoms with van der Waals surface area (Å²) in [6.07, 6.45) is 2.93. The number of methoxy groups -OCH3 is 1. The Kier molecular flexibility index (Phi) is 7.18. The Balaban J connectivity index is 0.000000433. The fraction of sp³-hybridized carbons (Fsp3) is 0.444. The molecule has 120 valence electrons. The van der Waals surface area contributed by atoms with Crippen molar-refractivity contribution in [3.8, 4) is 0 Å². The SMILES string of the molecule is COCC[n+]1ccc(C(=O)O)cn1.O=S(=O)(O)C(F)(F)F. The fourth-order valence-corrected chi connectivity index (χ4v) is 0.828. The van der Waals surface area contributed by atoms with E-state index in [9.17, 15) is 18.0 Å². The molecule has 21 heavy (non-hydrogen) atoms. The molecule has 1 aromatic rings. The van der Waals surface area contributed by atoms with Crippen molar-refractivity contribution in [3.05, 3.63) is 24.0 Å². The molecule has 0 saturated heterocycles. The summed E-state index contributed by atoms with van der Waals surface area (Å²) >= 11 is 0. The molecule has 0 radical (unpaired) electrons. The maximum absolute atomic E-state index is 10.7. The summed E-state index contributed by atoms with van der Waals surface area (Å²) in [6.45, 7) is 1.18. The molecular formula is C9H12F3N2O6S+. The largest absolute Gasteiger partial charge is 0.522 e. The molecule has 0 amide bonds. The van der Waals surface area contributed by atoms with Crippen LogP contribution in [0.4, 0.5) is 13.2 Å². The first-order valence-electron chi connectivity index (χ1n) is 5.10. The van der Waals surface area contributed by atoms with Gasteiger partial charge in [-0.3, -0.25) is 4.55 Å². The Morgan fingerprint density at radius 1 is 1.48 bits per heavy atom. The summed E-state index contributed by atoms with van der Waals surface area (Å²) in [4.78, 5) is 10.5. The second kappa shape index (κ2) is 7.85. The van der Waals surface area contributed by atoms with Gasteiger partial charge < -0.3 is 9.84 Å². The van der Waals surface area contributed by atoms with Crippen LogP contribution >= 0.6 is 0 Å². The minimum Gasteiger partial charge on any atom is -0.478 e. The molecule has 0 bridgehead atoms. The highest BCUT2D eigenvalue weighted by atomic mass is 32.2. The number of rotatable bonds is 4. The van der Waals surface area contributed by atoms with Crippen molar-refractivity contribution in [3.63, 3.8) is 0 Å². The molecule has 1 aromatic heterocycles. The lowest BCUT2D eigenvalue weighted by atomic mass is 10.3. The molecule has 0 aliphatic rings. The molecule has 1 heterocycles. The van der Waals surface area contributed by atoms with E-state index in [1.54, 1.807) is 18.0 Å². The Hall–Kier alpha value is -1.79. The van der Waals surface area contributed by atoms with Gasteiger partial charge in [-0.15, -0.1) is 0 Å². The van der Waals surface area contributed by atoms with Gasteiger partial charge in [0.25, 0.3) is 0 Å². The molecule has 0 aliphatic carbocycles. The normalized spacial score (nSPS) is 11.5. The molecule has 8 nitrogen and oxygen atoms in total. The number of carbonyl (C=O) groups is 1. The Morgan fingerprint density at radius 3 is 2.29 bits per heavy atom.